The smallest absolute Gasteiger partial charge is 0.228 e. The number of rotatable bonds is 8. The number of nitrogens with zero attached hydrogens (tertiary/aromatic N) is 2. The van der Waals surface area contributed by atoms with Crippen molar-refractivity contribution in [3.05, 3.63) is 35.5 Å². The summed E-state index contributed by atoms with van der Waals surface area (Å²) < 4.78 is 5.88. The Hall–Kier alpha value is -1.76. The third-order valence-electron chi connectivity index (χ3n) is 7.75. The number of aliphatic hydroxyl groups excluding tert-OH is 1. The van der Waals surface area contributed by atoms with Crippen LogP contribution in [-0.4, -0.2) is 59.8 Å². The van der Waals surface area contributed by atoms with Crippen molar-refractivity contribution < 1.29 is 14.6 Å². The van der Waals surface area contributed by atoms with Crippen molar-refractivity contribution in [3.8, 4) is 0 Å². The molecule has 6 nitrogen and oxygen atoms in total. The summed E-state index contributed by atoms with van der Waals surface area (Å²) in [6, 6.07) is 3.79. The van der Waals surface area contributed by atoms with Gasteiger partial charge in [0.05, 0.1) is 19.3 Å². The fraction of sp³-hybridized carbons (Fsp3) is 0.680. The molecule has 6 heteroatoms. The molecule has 4 aliphatic rings. The molecule has 2 fully saturated rings. The molecule has 1 aliphatic heterocycles. The second-order valence-corrected chi connectivity index (χ2v) is 10.3. The molecule has 1 amide bonds. The maximum absolute atomic E-state index is 12.5. The summed E-state index contributed by atoms with van der Waals surface area (Å²) in [5.41, 5.74) is 2.91. The van der Waals surface area contributed by atoms with E-state index in [0.717, 1.165) is 37.4 Å². The molecule has 3 atom stereocenters. The lowest BCUT2D eigenvalue weighted by Gasteiger charge is -2.56. The highest BCUT2D eigenvalue weighted by atomic mass is 16.5. The average molecular weight is 428 g/mol. The SMILES string of the molecule is Cc1ccc(NC(=O)C2CCN(CC(O)COCC3=CCC4CC3C4(C)C)CC2)nc1. The van der Waals surface area contributed by atoms with Gasteiger partial charge >= 0.3 is 0 Å². The van der Waals surface area contributed by atoms with E-state index in [1.54, 1.807) is 6.20 Å². The summed E-state index contributed by atoms with van der Waals surface area (Å²) in [6.45, 7) is 9.97. The Bertz CT molecular complexity index is 797. The van der Waals surface area contributed by atoms with Crippen LogP contribution >= 0.6 is 0 Å². The zero-order chi connectivity index (χ0) is 22.0. The molecule has 0 spiro atoms. The summed E-state index contributed by atoms with van der Waals surface area (Å²) in [6.07, 6.45) is 7.70. The zero-order valence-corrected chi connectivity index (χ0v) is 19.1. The summed E-state index contributed by atoms with van der Waals surface area (Å²) in [5, 5.41) is 13.4. The van der Waals surface area contributed by atoms with Gasteiger partial charge in [0.15, 0.2) is 0 Å². The van der Waals surface area contributed by atoms with E-state index >= 15 is 0 Å². The molecule has 2 heterocycles. The number of allylic oxidation sites excluding steroid dienone is 1. The number of ether oxygens (including phenoxy) is 1. The van der Waals surface area contributed by atoms with Crippen molar-refractivity contribution >= 4 is 11.7 Å². The van der Waals surface area contributed by atoms with Gasteiger partial charge in [0.1, 0.15) is 5.82 Å². The largest absolute Gasteiger partial charge is 0.389 e. The zero-order valence-electron chi connectivity index (χ0n) is 19.1. The number of aliphatic hydroxyl groups is 1. The molecule has 2 bridgehead atoms. The van der Waals surface area contributed by atoms with Gasteiger partial charge in [-0.3, -0.25) is 4.79 Å². The Morgan fingerprint density at radius 1 is 1.35 bits per heavy atom. The summed E-state index contributed by atoms with van der Waals surface area (Å²) in [5.74, 6) is 2.15. The minimum Gasteiger partial charge on any atom is -0.389 e. The molecule has 1 aromatic heterocycles. The second kappa shape index (κ2) is 9.39. The van der Waals surface area contributed by atoms with Crippen molar-refractivity contribution in [1.82, 2.24) is 9.88 Å². The summed E-state index contributed by atoms with van der Waals surface area (Å²) in [4.78, 5) is 19.0. The van der Waals surface area contributed by atoms with E-state index in [4.69, 9.17) is 4.74 Å². The van der Waals surface area contributed by atoms with Gasteiger partial charge < -0.3 is 20.1 Å². The highest BCUT2D eigenvalue weighted by Gasteiger charge is 2.50. The molecule has 5 rings (SSSR count). The number of likely N-dealkylation sites (tertiary alicyclic amines) is 1. The molecule has 1 saturated carbocycles. The van der Waals surface area contributed by atoms with Crippen molar-refractivity contribution in [2.24, 2.45) is 23.2 Å². The second-order valence-electron chi connectivity index (χ2n) is 10.3. The van der Waals surface area contributed by atoms with Crippen LogP contribution in [0.2, 0.25) is 0 Å². The molecule has 1 saturated heterocycles. The maximum atomic E-state index is 12.5. The van der Waals surface area contributed by atoms with Gasteiger partial charge in [-0.1, -0.05) is 26.0 Å². The number of carbonyl (C=O) groups excluding carboxylic acids is 1. The van der Waals surface area contributed by atoms with Crippen molar-refractivity contribution in [2.45, 2.75) is 52.6 Å². The quantitative estimate of drug-likeness (QED) is 0.622. The first-order valence-electron chi connectivity index (χ1n) is 11.7. The summed E-state index contributed by atoms with van der Waals surface area (Å²) in [7, 11) is 0. The van der Waals surface area contributed by atoms with Crippen LogP contribution in [0, 0.1) is 30.1 Å². The predicted molar refractivity (Wildman–Crippen MR) is 122 cm³/mol. The number of nitrogens with one attached hydrogen (secondary N) is 1. The van der Waals surface area contributed by atoms with Gasteiger partial charge in [0.2, 0.25) is 5.91 Å². The number of anilines is 1. The number of β-amino-alcohol motifs (C(OH)–C–C–N with tert-alkyl or cyclic N) is 1. The minimum atomic E-state index is -0.492. The topological polar surface area (TPSA) is 74.7 Å². The molecule has 1 aromatic rings. The Labute approximate surface area is 186 Å². The van der Waals surface area contributed by atoms with E-state index in [1.165, 1.54) is 18.4 Å². The first kappa shape index (κ1) is 22.4. The molecule has 0 aromatic carbocycles. The predicted octanol–water partition coefficient (Wildman–Crippen LogP) is 3.41. The number of fused-ring (bicyclic) bond motifs is 1. The standard InChI is InChI=1S/C25H37N3O3/c1-17-4-7-23(26-13-17)27-24(30)18-8-10-28(11-9-18)14-21(29)16-31-15-19-5-6-20-12-22(19)25(20,2)3/h4-5,7,13,18,20-22,29H,6,8-12,14-16H2,1-3H3,(H,26,27,30). The third-order valence-corrected chi connectivity index (χ3v) is 7.75. The van der Waals surface area contributed by atoms with Gasteiger partial charge in [0.25, 0.3) is 0 Å². The number of pyridine rings is 1. The van der Waals surface area contributed by atoms with Crippen LogP contribution in [0.5, 0.6) is 0 Å². The monoisotopic (exact) mass is 427 g/mol. The number of aromatic nitrogens is 1. The molecule has 0 radical (unpaired) electrons. The van der Waals surface area contributed by atoms with Crippen LogP contribution < -0.4 is 5.32 Å². The molecule has 3 aliphatic carbocycles. The Balaban J connectivity index is 1.13. The Kier molecular flexibility index (Phi) is 6.80. The highest BCUT2D eigenvalue weighted by molar-refractivity contribution is 5.91. The molecule has 170 valence electrons. The first-order valence-corrected chi connectivity index (χ1v) is 11.7. The number of amides is 1. The normalized spacial score (nSPS) is 26.6. The number of hydrogen-bond acceptors (Lipinski definition) is 5. The van der Waals surface area contributed by atoms with Gasteiger partial charge in [-0.05, 0) is 80.2 Å². The number of carbonyl (C=O) groups is 1. The lowest BCUT2D eigenvalue weighted by atomic mass is 9.49. The number of piperidine rings is 1. The van der Waals surface area contributed by atoms with Gasteiger partial charge in [0, 0.05) is 18.7 Å². The van der Waals surface area contributed by atoms with E-state index in [9.17, 15) is 9.90 Å². The highest BCUT2D eigenvalue weighted by Crippen LogP contribution is 2.59. The van der Waals surface area contributed by atoms with Crippen LogP contribution in [0.4, 0.5) is 5.82 Å². The van der Waals surface area contributed by atoms with Gasteiger partial charge in [-0.15, -0.1) is 0 Å². The molecule has 3 unspecified atom stereocenters. The van der Waals surface area contributed by atoms with Crippen molar-refractivity contribution in [2.75, 3.05) is 38.2 Å². The summed E-state index contributed by atoms with van der Waals surface area (Å²) >= 11 is 0. The van der Waals surface area contributed by atoms with Crippen molar-refractivity contribution in [1.29, 1.82) is 0 Å². The van der Waals surface area contributed by atoms with Gasteiger partial charge in [-0.2, -0.15) is 0 Å². The molecule has 2 N–H and O–H groups in total. The van der Waals surface area contributed by atoms with Crippen LogP contribution in [0.1, 0.15) is 45.1 Å². The first-order chi connectivity index (χ1) is 14.8. The number of aryl methyl sites for hydroxylation is 1. The van der Waals surface area contributed by atoms with Gasteiger partial charge in [-0.25, -0.2) is 4.98 Å². The average Bonchev–Trinajstić information content (AvgIpc) is 2.76. The lowest BCUT2D eigenvalue weighted by molar-refractivity contribution is -0.121. The third kappa shape index (κ3) is 5.18. The maximum Gasteiger partial charge on any atom is 0.228 e. The van der Waals surface area contributed by atoms with Crippen LogP contribution in [0.25, 0.3) is 0 Å². The Morgan fingerprint density at radius 3 is 2.77 bits per heavy atom. The van der Waals surface area contributed by atoms with Crippen molar-refractivity contribution in [3.63, 3.8) is 0 Å². The van der Waals surface area contributed by atoms with Crippen LogP contribution in [-0.2, 0) is 9.53 Å². The van der Waals surface area contributed by atoms with E-state index in [-0.39, 0.29) is 11.8 Å². The molecular weight excluding hydrogens is 390 g/mol. The fourth-order valence-corrected chi connectivity index (χ4v) is 5.45. The van der Waals surface area contributed by atoms with E-state index in [1.807, 2.05) is 19.1 Å². The van der Waals surface area contributed by atoms with E-state index in [0.29, 0.717) is 36.9 Å². The Morgan fingerprint density at radius 2 is 2.13 bits per heavy atom. The lowest BCUT2D eigenvalue weighted by Crippen LogP contribution is -2.48. The minimum absolute atomic E-state index is 0.000594. The molecular formula is C25H37N3O3. The number of hydrogen-bond donors (Lipinski definition) is 2. The van der Waals surface area contributed by atoms with E-state index in [2.05, 4.69) is 35.1 Å². The van der Waals surface area contributed by atoms with Crippen LogP contribution in [0.15, 0.2) is 30.0 Å². The van der Waals surface area contributed by atoms with E-state index < -0.39 is 6.10 Å². The molecule has 31 heavy (non-hydrogen) atoms. The van der Waals surface area contributed by atoms with Crippen LogP contribution in [0.3, 0.4) is 0 Å². The fourth-order valence-electron chi connectivity index (χ4n) is 5.45.